The molecule has 0 radical (unpaired) electrons. The van der Waals surface area contributed by atoms with E-state index < -0.39 is 0 Å². The fraction of sp³-hybridized carbons (Fsp3) is 0.100. The Kier molecular flexibility index (Phi) is 4.02. The number of benzene rings is 3. The van der Waals surface area contributed by atoms with Crippen molar-refractivity contribution >= 4 is 5.69 Å². The summed E-state index contributed by atoms with van der Waals surface area (Å²) in [7, 11) is 0. The molecule has 0 aromatic heterocycles. The van der Waals surface area contributed by atoms with Gasteiger partial charge in [0.15, 0.2) is 0 Å². The fourth-order valence-corrected chi connectivity index (χ4v) is 2.44. The summed E-state index contributed by atoms with van der Waals surface area (Å²) in [6.45, 7) is 2.93. The first kappa shape index (κ1) is 13.4. The molecule has 104 valence electrons. The van der Waals surface area contributed by atoms with Crippen LogP contribution in [-0.2, 0) is 6.54 Å². The minimum absolute atomic E-state index is 0.828. The van der Waals surface area contributed by atoms with Gasteiger partial charge in [0.1, 0.15) is 0 Å². The van der Waals surface area contributed by atoms with Gasteiger partial charge in [-0.05, 0) is 35.7 Å². The Balaban J connectivity index is 1.81. The second-order valence-corrected chi connectivity index (χ2v) is 5.24. The zero-order valence-corrected chi connectivity index (χ0v) is 12.2. The first-order valence-corrected chi connectivity index (χ1v) is 7.27. The lowest BCUT2D eigenvalue weighted by Crippen LogP contribution is -2.01. The zero-order valence-electron chi connectivity index (χ0n) is 12.2. The number of aryl methyl sites for hydroxylation is 1. The smallest absolute Gasteiger partial charge is 0.0406 e. The highest BCUT2D eigenvalue weighted by Crippen LogP contribution is 2.24. The zero-order chi connectivity index (χ0) is 14.5. The van der Waals surface area contributed by atoms with E-state index in [4.69, 9.17) is 0 Å². The van der Waals surface area contributed by atoms with Crippen LogP contribution in [0.4, 0.5) is 5.69 Å². The SMILES string of the molecule is Cc1ccc(NCc2ccccc2-c2ccccc2)cc1. The Hall–Kier alpha value is -2.54. The third-order valence-electron chi connectivity index (χ3n) is 3.64. The van der Waals surface area contributed by atoms with Crippen LogP contribution in [0.2, 0.25) is 0 Å². The molecule has 3 rings (SSSR count). The Bertz CT molecular complexity index is 699. The number of hydrogen-bond donors (Lipinski definition) is 1. The molecule has 0 fully saturated rings. The molecule has 3 aromatic carbocycles. The molecule has 3 aromatic rings. The predicted molar refractivity (Wildman–Crippen MR) is 90.4 cm³/mol. The average Bonchev–Trinajstić information content (AvgIpc) is 2.55. The standard InChI is InChI=1S/C20H19N/c1-16-11-13-19(14-12-16)21-15-18-9-5-6-10-20(18)17-7-3-2-4-8-17/h2-14,21H,15H2,1H3. The van der Waals surface area contributed by atoms with Crippen LogP contribution in [0, 0.1) is 6.92 Å². The van der Waals surface area contributed by atoms with Crippen molar-refractivity contribution in [2.75, 3.05) is 5.32 Å². The minimum Gasteiger partial charge on any atom is -0.381 e. The van der Waals surface area contributed by atoms with E-state index >= 15 is 0 Å². The van der Waals surface area contributed by atoms with Gasteiger partial charge in [0, 0.05) is 12.2 Å². The molecule has 0 bridgehead atoms. The quantitative estimate of drug-likeness (QED) is 0.682. The molecule has 0 heterocycles. The topological polar surface area (TPSA) is 12.0 Å². The molecule has 0 amide bonds. The Morgan fingerprint density at radius 3 is 2.14 bits per heavy atom. The number of nitrogens with one attached hydrogen (secondary N) is 1. The van der Waals surface area contributed by atoms with Crippen molar-refractivity contribution in [2.24, 2.45) is 0 Å². The molecule has 1 N–H and O–H groups in total. The van der Waals surface area contributed by atoms with Gasteiger partial charge in [-0.2, -0.15) is 0 Å². The van der Waals surface area contributed by atoms with Crippen LogP contribution in [0.1, 0.15) is 11.1 Å². The monoisotopic (exact) mass is 273 g/mol. The fourth-order valence-electron chi connectivity index (χ4n) is 2.44. The second-order valence-electron chi connectivity index (χ2n) is 5.24. The van der Waals surface area contributed by atoms with E-state index in [0.29, 0.717) is 0 Å². The summed E-state index contributed by atoms with van der Waals surface area (Å²) in [6, 6.07) is 27.6. The molecule has 21 heavy (non-hydrogen) atoms. The first-order valence-electron chi connectivity index (χ1n) is 7.27. The molecule has 0 saturated carbocycles. The van der Waals surface area contributed by atoms with Crippen molar-refractivity contribution in [2.45, 2.75) is 13.5 Å². The van der Waals surface area contributed by atoms with Crippen LogP contribution in [0.3, 0.4) is 0 Å². The second kappa shape index (κ2) is 6.27. The highest BCUT2D eigenvalue weighted by Gasteiger charge is 2.03. The molecule has 0 aliphatic carbocycles. The van der Waals surface area contributed by atoms with Crippen molar-refractivity contribution in [3.63, 3.8) is 0 Å². The van der Waals surface area contributed by atoms with Gasteiger partial charge in [0.25, 0.3) is 0 Å². The lowest BCUT2D eigenvalue weighted by Gasteiger charge is -2.12. The number of hydrogen-bond acceptors (Lipinski definition) is 1. The summed E-state index contributed by atoms with van der Waals surface area (Å²) in [5, 5.41) is 3.50. The largest absolute Gasteiger partial charge is 0.381 e. The van der Waals surface area contributed by atoms with Crippen LogP contribution >= 0.6 is 0 Å². The molecular weight excluding hydrogens is 254 g/mol. The summed E-state index contributed by atoms with van der Waals surface area (Å²) in [4.78, 5) is 0. The van der Waals surface area contributed by atoms with Crippen molar-refractivity contribution in [3.8, 4) is 11.1 Å². The maximum atomic E-state index is 3.50. The minimum atomic E-state index is 0.828. The van der Waals surface area contributed by atoms with Crippen LogP contribution < -0.4 is 5.32 Å². The Morgan fingerprint density at radius 2 is 1.38 bits per heavy atom. The van der Waals surface area contributed by atoms with Crippen LogP contribution in [-0.4, -0.2) is 0 Å². The molecule has 0 spiro atoms. The van der Waals surface area contributed by atoms with E-state index in [-0.39, 0.29) is 0 Å². The lowest BCUT2D eigenvalue weighted by molar-refractivity contribution is 1.15. The first-order chi connectivity index (χ1) is 10.3. The van der Waals surface area contributed by atoms with Crippen LogP contribution in [0.15, 0.2) is 78.9 Å². The van der Waals surface area contributed by atoms with E-state index in [0.717, 1.165) is 12.2 Å². The van der Waals surface area contributed by atoms with E-state index in [1.807, 2.05) is 0 Å². The highest BCUT2D eigenvalue weighted by atomic mass is 14.9. The lowest BCUT2D eigenvalue weighted by atomic mass is 10.00. The highest BCUT2D eigenvalue weighted by molar-refractivity contribution is 5.67. The van der Waals surface area contributed by atoms with Crippen molar-refractivity contribution in [1.29, 1.82) is 0 Å². The molecule has 0 unspecified atom stereocenters. The van der Waals surface area contributed by atoms with E-state index in [1.165, 1.54) is 22.3 Å². The van der Waals surface area contributed by atoms with Gasteiger partial charge in [0.05, 0.1) is 0 Å². The maximum Gasteiger partial charge on any atom is 0.0406 e. The molecule has 0 saturated heterocycles. The third-order valence-corrected chi connectivity index (χ3v) is 3.64. The molecule has 1 nitrogen and oxygen atoms in total. The van der Waals surface area contributed by atoms with E-state index in [1.54, 1.807) is 0 Å². The summed E-state index contributed by atoms with van der Waals surface area (Å²) < 4.78 is 0. The van der Waals surface area contributed by atoms with Gasteiger partial charge >= 0.3 is 0 Å². The Morgan fingerprint density at radius 1 is 0.714 bits per heavy atom. The molecule has 0 aliphatic rings. The summed E-state index contributed by atoms with van der Waals surface area (Å²) >= 11 is 0. The maximum absolute atomic E-state index is 3.50. The number of anilines is 1. The summed E-state index contributed by atoms with van der Waals surface area (Å²) in [6.07, 6.45) is 0. The van der Waals surface area contributed by atoms with Gasteiger partial charge in [-0.1, -0.05) is 72.3 Å². The summed E-state index contributed by atoms with van der Waals surface area (Å²) in [5.41, 5.74) is 6.30. The third kappa shape index (κ3) is 3.32. The van der Waals surface area contributed by atoms with Crippen LogP contribution in [0.5, 0.6) is 0 Å². The molecule has 1 heteroatoms. The molecule has 0 aliphatic heterocycles. The van der Waals surface area contributed by atoms with Crippen molar-refractivity contribution < 1.29 is 0 Å². The molecular formula is C20H19N. The normalized spacial score (nSPS) is 10.3. The van der Waals surface area contributed by atoms with E-state index in [2.05, 4.69) is 91.1 Å². The van der Waals surface area contributed by atoms with Gasteiger partial charge in [-0.15, -0.1) is 0 Å². The molecule has 0 atom stereocenters. The number of rotatable bonds is 4. The Labute approximate surface area is 126 Å². The van der Waals surface area contributed by atoms with Gasteiger partial charge < -0.3 is 5.32 Å². The predicted octanol–water partition coefficient (Wildman–Crippen LogP) is 5.27. The van der Waals surface area contributed by atoms with Gasteiger partial charge in [-0.3, -0.25) is 0 Å². The van der Waals surface area contributed by atoms with Crippen molar-refractivity contribution in [3.05, 3.63) is 90.0 Å². The summed E-state index contributed by atoms with van der Waals surface area (Å²) in [5.74, 6) is 0. The van der Waals surface area contributed by atoms with Crippen molar-refractivity contribution in [1.82, 2.24) is 0 Å². The van der Waals surface area contributed by atoms with E-state index in [9.17, 15) is 0 Å². The van der Waals surface area contributed by atoms with Crippen LogP contribution in [0.25, 0.3) is 11.1 Å². The average molecular weight is 273 g/mol. The van der Waals surface area contributed by atoms with Gasteiger partial charge in [0.2, 0.25) is 0 Å². The van der Waals surface area contributed by atoms with Gasteiger partial charge in [-0.25, -0.2) is 0 Å².